The lowest BCUT2D eigenvalue weighted by Crippen LogP contribution is -2.41. The molecular formula is C18H20N4O3. The predicted octanol–water partition coefficient (Wildman–Crippen LogP) is 2.38. The van der Waals surface area contributed by atoms with Crippen LogP contribution in [0.5, 0.6) is 0 Å². The first-order chi connectivity index (χ1) is 12.1. The van der Waals surface area contributed by atoms with Gasteiger partial charge in [-0.15, -0.1) is 0 Å². The van der Waals surface area contributed by atoms with Gasteiger partial charge in [0.25, 0.3) is 0 Å². The molecule has 2 aromatic heterocycles. The summed E-state index contributed by atoms with van der Waals surface area (Å²) in [7, 11) is 0. The van der Waals surface area contributed by atoms with Crippen molar-refractivity contribution in [3.05, 3.63) is 52.3 Å². The fourth-order valence-corrected chi connectivity index (χ4v) is 3.57. The highest BCUT2D eigenvalue weighted by atomic mass is 16.5. The van der Waals surface area contributed by atoms with Crippen LogP contribution in [-0.4, -0.2) is 32.1 Å². The maximum absolute atomic E-state index is 12.9. The monoisotopic (exact) mass is 340 g/mol. The van der Waals surface area contributed by atoms with Gasteiger partial charge in [0.1, 0.15) is 18.0 Å². The molecule has 25 heavy (non-hydrogen) atoms. The van der Waals surface area contributed by atoms with Crippen LogP contribution in [0.1, 0.15) is 36.8 Å². The molecule has 0 spiro atoms. The molecule has 0 bridgehead atoms. The molecule has 1 atom stereocenters. The minimum absolute atomic E-state index is 0.0240. The highest BCUT2D eigenvalue weighted by molar-refractivity contribution is 5.80. The maximum Gasteiger partial charge on any atom is 0.326 e. The Morgan fingerprint density at radius 3 is 3.00 bits per heavy atom. The number of H-pyrrole nitrogens is 1. The van der Waals surface area contributed by atoms with E-state index in [1.807, 2.05) is 42.2 Å². The number of aromatic amines is 1. The summed E-state index contributed by atoms with van der Waals surface area (Å²) in [6, 6.07) is 9.19. The van der Waals surface area contributed by atoms with E-state index in [1.54, 1.807) is 0 Å². The van der Waals surface area contributed by atoms with Gasteiger partial charge in [0, 0.05) is 12.6 Å². The summed E-state index contributed by atoms with van der Waals surface area (Å²) < 4.78 is 6.68. The third-order valence-electron chi connectivity index (χ3n) is 4.79. The van der Waals surface area contributed by atoms with Crippen LogP contribution in [0, 0.1) is 6.92 Å². The predicted molar refractivity (Wildman–Crippen MR) is 92.1 cm³/mol. The summed E-state index contributed by atoms with van der Waals surface area (Å²) in [5, 5.41) is 4.09. The number of likely N-dealkylation sites (tertiary alicyclic amines) is 1. The first-order valence-corrected chi connectivity index (χ1v) is 8.54. The zero-order valence-corrected chi connectivity index (χ0v) is 14.1. The smallest absolute Gasteiger partial charge is 0.326 e. The zero-order chi connectivity index (χ0) is 17.4. The molecule has 1 aliphatic rings. The summed E-state index contributed by atoms with van der Waals surface area (Å²) in [6.07, 6.45) is 2.87. The van der Waals surface area contributed by atoms with Crippen molar-refractivity contribution in [2.75, 3.05) is 6.54 Å². The lowest BCUT2D eigenvalue weighted by atomic mass is 9.99. The van der Waals surface area contributed by atoms with Crippen LogP contribution in [0.3, 0.4) is 0 Å². The molecule has 1 aliphatic heterocycles. The number of carbonyl (C=O) groups is 1. The van der Waals surface area contributed by atoms with Crippen LogP contribution >= 0.6 is 0 Å². The summed E-state index contributed by atoms with van der Waals surface area (Å²) in [6.45, 7) is 2.54. The van der Waals surface area contributed by atoms with Crippen molar-refractivity contribution in [2.45, 2.75) is 38.8 Å². The fourth-order valence-electron chi connectivity index (χ4n) is 3.57. The molecule has 7 heteroatoms. The van der Waals surface area contributed by atoms with E-state index in [1.165, 1.54) is 4.57 Å². The number of amides is 1. The molecule has 0 aliphatic carbocycles. The Hall–Kier alpha value is -2.83. The summed E-state index contributed by atoms with van der Waals surface area (Å²) in [5.41, 5.74) is 2.01. The van der Waals surface area contributed by atoms with Crippen molar-refractivity contribution in [2.24, 2.45) is 0 Å². The largest absolute Gasteiger partial charge is 0.361 e. The standard InChI is InChI=1S/C18H20N4O3/c1-12-10-14(20-25-12)16-8-4-5-9-21(16)17(23)11-22-15-7-3-2-6-13(15)19-18(22)24/h2-3,6-7,10,16H,4-5,8-9,11H2,1H3,(H,19,24)/t16-/m1/s1. The van der Waals surface area contributed by atoms with Crippen LogP contribution < -0.4 is 5.69 Å². The van der Waals surface area contributed by atoms with Gasteiger partial charge in [-0.2, -0.15) is 0 Å². The number of rotatable bonds is 3. The second kappa shape index (κ2) is 6.23. The first-order valence-electron chi connectivity index (χ1n) is 8.54. The van der Waals surface area contributed by atoms with Crippen molar-refractivity contribution < 1.29 is 9.32 Å². The van der Waals surface area contributed by atoms with E-state index in [4.69, 9.17) is 4.52 Å². The topological polar surface area (TPSA) is 84.1 Å². The number of imidazole rings is 1. The van der Waals surface area contributed by atoms with Crippen molar-refractivity contribution in [3.63, 3.8) is 0 Å². The number of para-hydroxylation sites is 2. The molecule has 4 rings (SSSR count). The summed E-state index contributed by atoms with van der Waals surface area (Å²) >= 11 is 0. The number of nitrogens with zero attached hydrogens (tertiary/aromatic N) is 3. The van der Waals surface area contributed by atoms with Gasteiger partial charge in [0.2, 0.25) is 5.91 Å². The van der Waals surface area contributed by atoms with Crippen molar-refractivity contribution in [1.29, 1.82) is 0 Å². The average Bonchev–Trinajstić information content (AvgIpc) is 3.19. The van der Waals surface area contributed by atoms with Crippen LogP contribution in [-0.2, 0) is 11.3 Å². The Kier molecular flexibility index (Phi) is 3.91. The molecular weight excluding hydrogens is 320 g/mol. The van der Waals surface area contributed by atoms with E-state index in [-0.39, 0.29) is 24.2 Å². The van der Waals surface area contributed by atoms with Gasteiger partial charge in [-0.05, 0) is 38.3 Å². The van der Waals surface area contributed by atoms with E-state index in [0.717, 1.165) is 41.8 Å². The molecule has 0 radical (unpaired) electrons. The highest BCUT2D eigenvalue weighted by Crippen LogP contribution is 2.30. The van der Waals surface area contributed by atoms with Crippen LogP contribution in [0.15, 0.2) is 39.6 Å². The number of fused-ring (bicyclic) bond motifs is 1. The Bertz CT molecular complexity index is 968. The molecule has 1 aromatic carbocycles. The van der Waals surface area contributed by atoms with E-state index in [9.17, 15) is 9.59 Å². The lowest BCUT2D eigenvalue weighted by Gasteiger charge is -2.34. The number of piperidine rings is 1. The Balaban J connectivity index is 1.62. The van der Waals surface area contributed by atoms with E-state index in [2.05, 4.69) is 10.1 Å². The molecule has 3 aromatic rings. The molecule has 1 amide bonds. The summed E-state index contributed by atoms with van der Waals surface area (Å²) in [5.74, 6) is 0.665. The minimum atomic E-state index is -0.264. The number of hydrogen-bond acceptors (Lipinski definition) is 4. The first kappa shape index (κ1) is 15.7. The number of carbonyl (C=O) groups excluding carboxylic acids is 1. The minimum Gasteiger partial charge on any atom is -0.361 e. The third-order valence-corrected chi connectivity index (χ3v) is 4.79. The number of benzene rings is 1. The third kappa shape index (κ3) is 2.86. The van der Waals surface area contributed by atoms with Gasteiger partial charge in [-0.1, -0.05) is 17.3 Å². The van der Waals surface area contributed by atoms with Gasteiger partial charge in [0.05, 0.1) is 17.1 Å². The van der Waals surface area contributed by atoms with E-state index >= 15 is 0 Å². The molecule has 1 saturated heterocycles. The molecule has 1 N–H and O–H groups in total. The zero-order valence-electron chi connectivity index (χ0n) is 14.1. The van der Waals surface area contributed by atoms with E-state index in [0.29, 0.717) is 6.54 Å². The van der Waals surface area contributed by atoms with Gasteiger partial charge in [-0.25, -0.2) is 4.79 Å². The van der Waals surface area contributed by atoms with Crippen LogP contribution in [0.25, 0.3) is 11.0 Å². The van der Waals surface area contributed by atoms with Gasteiger partial charge < -0.3 is 14.4 Å². The van der Waals surface area contributed by atoms with E-state index < -0.39 is 0 Å². The Morgan fingerprint density at radius 2 is 2.20 bits per heavy atom. The number of nitrogens with one attached hydrogen (secondary N) is 1. The number of aromatic nitrogens is 3. The molecule has 1 fully saturated rings. The molecule has 130 valence electrons. The summed E-state index contributed by atoms with van der Waals surface area (Å²) in [4.78, 5) is 29.8. The fraction of sp³-hybridized carbons (Fsp3) is 0.389. The molecule has 3 heterocycles. The van der Waals surface area contributed by atoms with Gasteiger partial charge in [0.15, 0.2) is 0 Å². The highest BCUT2D eigenvalue weighted by Gasteiger charge is 2.30. The second-order valence-electron chi connectivity index (χ2n) is 6.49. The van der Waals surface area contributed by atoms with Gasteiger partial charge >= 0.3 is 5.69 Å². The Labute approximate surface area is 144 Å². The normalized spacial score (nSPS) is 18.0. The van der Waals surface area contributed by atoms with Crippen molar-refractivity contribution in [3.8, 4) is 0 Å². The molecule has 7 nitrogen and oxygen atoms in total. The SMILES string of the molecule is Cc1cc([C@H]2CCCCN2C(=O)Cn2c(=O)[nH]c3ccccc32)no1. The second-order valence-corrected chi connectivity index (χ2v) is 6.49. The average molecular weight is 340 g/mol. The quantitative estimate of drug-likeness (QED) is 0.793. The molecule has 0 saturated carbocycles. The van der Waals surface area contributed by atoms with Gasteiger partial charge in [-0.3, -0.25) is 9.36 Å². The number of hydrogen-bond donors (Lipinski definition) is 1. The molecule has 0 unspecified atom stereocenters. The number of aryl methyl sites for hydroxylation is 1. The lowest BCUT2D eigenvalue weighted by molar-refractivity contribution is -0.135. The van der Waals surface area contributed by atoms with Crippen LogP contribution in [0.4, 0.5) is 0 Å². The van der Waals surface area contributed by atoms with Crippen molar-refractivity contribution >= 4 is 16.9 Å². The van der Waals surface area contributed by atoms with Crippen LogP contribution in [0.2, 0.25) is 0 Å². The Morgan fingerprint density at radius 1 is 1.36 bits per heavy atom. The van der Waals surface area contributed by atoms with Crippen molar-refractivity contribution in [1.82, 2.24) is 19.6 Å². The maximum atomic E-state index is 12.9.